The van der Waals surface area contributed by atoms with Crippen LogP contribution in [0.4, 0.5) is 0 Å². The molecule has 0 aliphatic carbocycles. The van der Waals surface area contributed by atoms with Crippen molar-refractivity contribution in [3.63, 3.8) is 0 Å². The van der Waals surface area contributed by atoms with E-state index in [2.05, 4.69) is 161 Å². The fourth-order valence-electron chi connectivity index (χ4n) is 0.0667. The van der Waals surface area contributed by atoms with Gasteiger partial charge in [-0.1, -0.05) is 23.9 Å². The van der Waals surface area contributed by atoms with Gasteiger partial charge in [-0.05, 0) is 41.9 Å². The molecule has 0 N–H and O–H groups in total. The van der Waals surface area contributed by atoms with Gasteiger partial charge in [0.15, 0.2) is 0 Å². The van der Waals surface area contributed by atoms with Crippen LogP contribution in [0, 0.1) is 0 Å². The van der Waals surface area contributed by atoms with Gasteiger partial charge in [-0.15, -0.1) is 161 Å². The summed E-state index contributed by atoms with van der Waals surface area (Å²) in [7, 11) is 51.5. The lowest BCUT2D eigenvalue weighted by Crippen LogP contribution is -1.19. The van der Waals surface area contributed by atoms with Crippen molar-refractivity contribution in [1.29, 1.82) is 0 Å². The second kappa shape index (κ2) is 51.8. The fraction of sp³-hybridized carbons (Fsp3) is 0. The summed E-state index contributed by atoms with van der Waals surface area (Å²) in [6.45, 7) is 1.14. The molecular weight excluding hydrogens is 867 g/mol. The van der Waals surface area contributed by atoms with Crippen molar-refractivity contribution in [1.82, 2.24) is 0 Å². The first-order valence-corrected chi connectivity index (χ1v) is 48.9. The molecule has 22 atom stereocenters. The van der Waals surface area contributed by atoms with E-state index in [1.54, 1.807) is 0 Å². The van der Waals surface area contributed by atoms with Crippen LogP contribution >= 0.6 is 236 Å². The molecule has 0 saturated heterocycles. The fourth-order valence-corrected chi connectivity index (χ4v) is 16.2. The lowest BCUT2D eigenvalue weighted by atomic mass is 28.9. The van der Waals surface area contributed by atoms with Crippen LogP contribution in [-0.4, -0.2) is 0 Å². The van der Waals surface area contributed by atoms with Crippen molar-refractivity contribution < 1.29 is 0 Å². The summed E-state index contributed by atoms with van der Waals surface area (Å²) in [4.78, 5) is 0. The average Bonchev–Trinajstić information content (AvgIpc) is 2.57. The number of hydrogen-bond donors (Lipinski definition) is 0. The van der Waals surface area contributed by atoms with Crippen LogP contribution in [0.15, 0.2) is 0 Å². The summed E-state index contributed by atoms with van der Waals surface area (Å²) >= 11 is 0. The van der Waals surface area contributed by atoms with Crippen LogP contribution in [0.5, 0.6) is 0 Å². The number of hydrogen-bond acceptors (Lipinski definition) is 0. The molecule has 0 aliphatic rings. The second-order valence-corrected chi connectivity index (χ2v) is 74.6. The zero-order valence-electron chi connectivity index (χ0n) is 15.3. The molecule has 0 aromatic heterocycles. The van der Waals surface area contributed by atoms with E-state index in [0.29, 0.717) is 0 Å². The maximum atomic E-state index is 2.89. The molecule has 28 heteroatoms. The quantitative estimate of drug-likeness (QED) is 0.247. The van der Waals surface area contributed by atoms with Crippen molar-refractivity contribution in [3.8, 4) is 0 Å². The van der Waals surface area contributed by atoms with Crippen molar-refractivity contribution >= 4 is 236 Å². The van der Waals surface area contributed by atoms with Gasteiger partial charge in [0.1, 0.15) is 0 Å². The molecule has 0 spiro atoms. The molecule has 0 aromatic rings. The maximum absolute atomic E-state index is 2.89. The summed E-state index contributed by atoms with van der Waals surface area (Å²) in [5.41, 5.74) is 0. The third-order valence-electron chi connectivity index (χ3n) is 0.797. The average molecular weight is 910 g/mol. The van der Waals surface area contributed by atoms with E-state index in [4.69, 9.17) is 0 Å². The topological polar surface area (TPSA) is 0 Å². The Balaban J connectivity index is -0.0000000391. The third-order valence-corrected chi connectivity index (χ3v) is 64.5. The van der Waals surface area contributed by atoms with Crippen molar-refractivity contribution in [2.75, 3.05) is 0 Å². The summed E-state index contributed by atoms with van der Waals surface area (Å²) in [5, 5.41) is 0. The first-order valence-electron chi connectivity index (χ1n) is 5.43. The van der Waals surface area contributed by atoms with Crippen LogP contribution in [0.1, 0.15) is 0 Å². The Bertz CT molecular complexity index is 166. The summed E-state index contributed by atoms with van der Waals surface area (Å²) in [5.74, 6) is 0. The van der Waals surface area contributed by atoms with Crippen LogP contribution in [0.25, 0.3) is 0 Å². The Morgan fingerprint density at radius 1 is 0.464 bits per heavy atom. The SMILES string of the molecule is P.PP.PP(P)P.PP(P)P(P)P.PPP.PPP(P)P.PPP(P)P(P)P. The van der Waals surface area contributed by atoms with Gasteiger partial charge >= 0.3 is 0 Å². The van der Waals surface area contributed by atoms with Gasteiger partial charge in [0.2, 0.25) is 0 Å². The van der Waals surface area contributed by atoms with Gasteiger partial charge in [0, 0.05) is 0 Å². The van der Waals surface area contributed by atoms with Crippen molar-refractivity contribution in [3.05, 3.63) is 0 Å². The first-order chi connectivity index (χ1) is 12.2. The van der Waals surface area contributed by atoms with E-state index in [1.807, 2.05) is 0 Å². The van der Waals surface area contributed by atoms with Gasteiger partial charge in [-0.2, -0.15) is 9.90 Å². The van der Waals surface area contributed by atoms with E-state index < -0.39 is 0 Å². The molecule has 0 radical (unpaired) electrons. The second-order valence-electron chi connectivity index (χ2n) is 2.76. The molecule has 22 unspecified atom stereocenters. The van der Waals surface area contributed by atoms with E-state index >= 15 is 0 Å². The highest BCUT2D eigenvalue weighted by molar-refractivity contribution is 8.98. The zero-order chi connectivity index (χ0) is 23.6. The Kier molecular flexibility index (Phi) is 103. The van der Waals surface area contributed by atoms with Gasteiger partial charge in [-0.3, -0.25) is 0 Å². The highest BCUT2D eigenvalue weighted by atomic mass is 33.0. The normalized spacial score (nSPS) is 10.8. The van der Waals surface area contributed by atoms with Crippen LogP contribution in [0.3, 0.4) is 0 Å². The molecule has 0 fully saturated rings. The Hall–Kier alpha value is 12.0. The first kappa shape index (κ1) is 55.9. The van der Waals surface area contributed by atoms with E-state index in [1.165, 1.54) is 0 Å². The molecule has 0 amide bonds. The highest BCUT2D eigenvalue weighted by Crippen LogP contribution is 2.92. The van der Waals surface area contributed by atoms with E-state index in [-0.39, 0.29) is 51.8 Å². The lowest BCUT2D eigenvalue weighted by molar-refractivity contribution is 4.87. The summed E-state index contributed by atoms with van der Waals surface area (Å²) < 4.78 is 0. The molecule has 0 nitrogen and oxygen atoms in total. The third kappa shape index (κ3) is 90.3. The smallest absolute Gasteiger partial charge is 0.0287 e. The minimum atomic E-state index is 0. The molecule has 0 bridgehead atoms. The van der Waals surface area contributed by atoms with Crippen LogP contribution in [0.2, 0.25) is 0 Å². The minimum absolute atomic E-state index is 0. The van der Waals surface area contributed by atoms with Gasteiger partial charge in [0.05, 0.1) is 0 Å². The molecule has 0 aromatic carbocycles. The monoisotopic (exact) mass is 910 g/mol. The molecule has 0 heterocycles. The summed E-state index contributed by atoms with van der Waals surface area (Å²) in [6, 6.07) is 0. The van der Waals surface area contributed by atoms with Gasteiger partial charge in [-0.25, -0.2) is 0 Å². The standard InChI is InChI=1S/H9P7.H8P6.H7P5.H6P4.H5P3.H4P2.H3P/c1-5-7(4)6(2)3;1-5(2)6(3)4;1-4-5(2)3;1-4(2)3;1-3-2;1-2;/h5H,1-4H2;1-4H2;4H,1-3H2;1-3H2;3H,1-2H2;1-2H2;1H3. The van der Waals surface area contributed by atoms with E-state index in [0.717, 1.165) is 23.9 Å². The zero-order valence-corrected chi connectivity index (χ0v) is 45.8. The minimum Gasteiger partial charge on any atom is -0.153 e. The number of rotatable bonds is 4. The molecular formula is H42P28. The van der Waals surface area contributed by atoms with Crippen molar-refractivity contribution in [2.24, 2.45) is 0 Å². The predicted octanol–water partition coefficient (Wildman–Crippen LogP) is 12.9. The van der Waals surface area contributed by atoms with Crippen LogP contribution < -0.4 is 0 Å². The lowest BCUT2D eigenvalue weighted by Gasteiger charge is -2.11. The van der Waals surface area contributed by atoms with Crippen LogP contribution in [-0.2, 0) is 0 Å². The molecule has 0 rings (SSSR count). The summed E-state index contributed by atoms with van der Waals surface area (Å²) in [6.07, 6.45) is 0. The molecule has 0 aliphatic heterocycles. The molecule has 182 valence electrons. The predicted molar refractivity (Wildman–Crippen MR) is 252 cm³/mol. The maximum Gasteiger partial charge on any atom is -0.0287 e. The Morgan fingerprint density at radius 2 is 0.643 bits per heavy atom. The molecule has 0 saturated carbocycles. The largest absolute Gasteiger partial charge is 0.153 e. The van der Waals surface area contributed by atoms with Crippen molar-refractivity contribution in [2.45, 2.75) is 0 Å². The van der Waals surface area contributed by atoms with Gasteiger partial charge in [0.25, 0.3) is 0 Å². The Labute approximate surface area is 234 Å². The highest BCUT2D eigenvalue weighted by Gasteiger charge is 2.00. The van der Waals surface area contributed by atoms with E-state index in [9.17, 15) is 0 Å². The Morgan fingerprint density at radius 3 is 0.643 bits per heavy atom. The molecule has 28 heavy (non-hydrogen) atoms. The van der Waals surface area contributed by atoms with Gasteiger partial charge < -0.3 is 0 Å².